The van der Waals surface area contributed by atoms with Gasteiger partial charge in [0.05, 0.1) is 0 Å². The molecule has 19 heavy (non-hydrogen) atoms. The lowest BCUT2D eigenvalue weighted by atomic mass is 10.1. The molecule has 0 aliphatic rings. The lowest BCUT2D eigenvalue weighted by Gasteiger charge is -2.02. The fourth-order valence-electron chi connectivity index (χ4n) is 1.58. The summed E-state index contributed by atoms with van der Waals surface area (Å²) in [6.45, 7) is -0.320. The Balaban J connectivity index is 1.99. The van der Waals surface area contributed by atoms with Gasteiger partial charge in [-0.2, -0.15) is 0 Å². The summed E-state index contributed by atoms with van der Waals surface area (Å²) in [6.07, 6.45) is 4.02. The molecule has 0 unspecified atom stereocenters. The molecule has 1 N–H and O–H groups in total. The van der Waals surface area contributed by atoms with E-state index in [1.165, 1.54) is 0 Å². The highest BCUT2D eigenvalue weighted by Gasteiger charge is 1.98. The molecule has 0 saturated heterocycles. The minimum Gasteiger partial charge on any atom is -0.482 e. The van der Waals surface area contributed by atoms with Gasteiger partial charge in [0.2, 0.25) is 0 Å². The highest BCUT2D eigenvalue weighted by atomic mass is 16.5. The standard InChI is InChI=1S/C16H14O3/c17-16(18)12-19-15-10-8-14(9-11-15)7-6-13-4-2-1-3-5-13/h1-11H,12H2,(H,17,18). The molecule has 0 spiro atoms. The third kappa shape index (κ3) is 4.32. The molecule has 0 aromatic heterocycles. The summed E-state index contributed by atoms with van der Waals surface area (Å²) in [4.78, 5) is 10.4. The van der Waals surface area contributed by atoms with E-state index in [2.05, 4.69) is 0 Å². The number of hydrogen-bond donors (Lipinski definition) is 1. The molecule has 0 heterocycles. The molecule has 3 nitrogen and oxygen atoms in total. The fourth-order valence-corrected chi connectivity index (χ4v) is 1.58. The van der Waals surface area contributed by atoms with Crippen molar-refractivity contribution in [2.45, 2.75) is 0 Å². The average molecular weight is 254 g/mol. The van der Waals surface area contributed by atoms with Gasteiger partial charge in [0.15, 0.2) is 6.61 Å². The Kier molecular flexibility index (Phi) is 4.34. The third-order valence-corrected chi connectivity index (χ3v) is 2.51. The molecule has 0 fully saturated rings. The number of carbonyl (C=O) groups is 1. The molecule has 3 heteroatoms. The third-order valence-electron chi connectivity index (χ3n) is 2.51. The minimum atomic E-state index is -0.979. The Bertz CT molecular complexity index is 556. The van der Waals surface area contributed by atoms with Gasteiger partial charge in [0, 0.05) is 0 Å². The first-order valence-corrected chi connectivity index (χ1v) is 5.92. The fraction of sp³-hybridized carbons (Fsp3) is 0.0625. The van der Waals surface area contributed by atoms with Crippen LogP contribution in [0.15, 0.2) is 54.6 Å². The summed E-state index contributed by atoms with van der Waals surface area (Å²) in [6, 6.07) is 17.3. The first kappa shape index (κ1) is 12.9. The molecule has 2 rings (SSSR count). The van der Waals surface area contributed by atoms with Crippen LogP contribution < -0.4 is 4.74 Å². The summed E-state index contributed by atoms with van der Waals surface area (Å²) < 4.78 is 5.06. The molecule has 0 saturated carbocycles. The first-order chi connectivity index (χ1) is 9.24. The van der Waals surface area contributed by atoms with E-state index in [4.69, 9.17) is 9.84 Å². The molecule has 0 bridgehead atoms. The summed E-state index contributed by atoms with van der Waals surface area (Å²) in [5.41, 5.74) is 2.17. The second-order valence-corrected chi connectivity index (χ2v) is 4.00. The first-order valence-electron chi connectivity index (χ1n) is 5.92. The number of benzene rings is 2. The van der Waals surface area contributed by atoms with E-state index in [0.29, 0.717) is 5.75 Å². The normalized spacial score (nSPS) is 10.5. The van der Waals surface area contributed by atoms with Gasteiger partial charge < -0.3 is 9.84 Å². The van der Waals surface area contributed by atoms with E-state index in [9.17, 15) is 4.79 Å². The number of hydrogen-bond acceptors (Lipinski definition) is 2. The lowest BCUT2D eigenvalue weighted by molar-refractivity contribution is -0.139. The van der Waals surface area contributed by atoms with Crippen LogP contribution in [0.3, 0.4) is 0 Å². The maximum Gasteiger partial charge on any atom is 0.341 e. The van der Waals surface area contributed by atoms with E-state index in [-0.39, 0.29) is 6.61 Å². The van der Waals surface area contributed by atoms with Crippen LogP contribution in [-0.2, 0) is 4.79 Å². The van der Waals surface area contributed by atoms with Crippen molar-refractivity contribution >= 4 is 18.1 Å². The van der Waals surface area contributed by atoms with Crippen molar-refractivity contribution in [1.82, 2.24) is 0 Å². The summed E-state index contributed by atoms with van der Waals surface area (Å²) in [5.74, 6) is -0.424. The predicted molar refractivity (Wildman–Crippen MR) is 74.9 cm³/mol. The summed E-state index contributed by atoms with van der Waals surface area (Å²) in [7, 11) is 0. The molecule has 0 radical (unpaired) electrons. The quantitative estimate of drug-likeness (QED) is 0.832. The molecule has 2 aromatic rings. The molecule has 2 aromatic carbocycles. The monoisotopic (exact) mass is 254 g/mol. The molecule has 0 aliphatic heterocycles. The average Bonchev–Trinajstić information content (AvgIpc) is 2.45. The molecule has 0 amide bonds. The maximum absolute atomic E-state index is 10.4. The van der Waals surface area contributed by atoms with Crippen LogP contribution in [0.2, 0.25) is 0 Å². The molecule has 0 atom stereocenters. The van der Waals surface area contributed by atoms with Gasteiger partial charge in [-0.1, -0.05) is 54.6 Å². The van der Waals surface area contributed by atoms with Crippen molar-refractivity contribution in [2.24, 2.45) is 0 Å². The van der Waals surface area contributed by atoms with Gasteiger partial charge in [-0.05, 0) is 23.3 Å². The van der Waals surface area contributed by atoms with Crippen molar-refractivity contribution in [3.8, 4) is 5.75 Å². The SMILES string of the molecule is O=C(O)COc1ccc(C=Cc2ccccc2)cc1. The Morgan fingerprint density at radius 2 is 1.53 bits per heavy atom. The van der Waals surface area contributed by atoms with E-state index in [1.807, 2.05) is 54.6 Å². The van der Waals surface area contributed by atoms with E-state index in [0.717, 1.165) is 11.1 Å². The van der Waals surface area contributed by atoms with E-state index in [1.54, 1.807) is 12.1 Å². The number of carboxylic acids is 1. The van der Waals surface area contributed by atoms with Gasteiger partial charge in [-0.15, -0.1) is 0 Å². The van der Waals surface area contributed by atoms with Crippen molar-refractivity contribution < 1.29 is 14.6 Å². The van der Waals surface area contributed by atoms with E-state index >= 15 is 0 Å². The Hall–Kier alpha value is -2.55. The molecular weight excluding hydrogens is 240 g/mol. The number of aliphatic carboxylic acids is 1. The van der Waals surface area contributed by atoms with E-state index < -0.39 is 5.97 Å². The minimum absolute atomic E-state index is 0.320. The Morgan fingerprint density at radius 3 is 2.11 bits per heavy atom. The summed E-state index contributed by atoms with van der Waals surface area (Å²) >= 11 is 0. The van der Waals surface area contributed by atoms with Gasteiger partial charge >= 0.3 is 5.97 Å². The van der Waals surface area contributed by atoms with Gasteiger partial charge in [-0.25, -0.2) is 4.79 Å². The second kappa shape index (κ2) is 6.40. The summed E-state index contributed by atoms with van der Waals surface area (Å²) in [5, 5.41) is 8.50. The highest BCUT2D eigenvalue weighted by molar-refractivity contribution is 5.70. The second-order valence-electron chi connectivity index (χ2n) is 4.00. The van der Waals surface area contributed by atoms with Crippen molar-refractivity contribution in [1.29, 1.82) is 0 Å². The lowest BCUT2D eigenvalue weighted by Crippen LogP contribution is -2.09. The molecular formula is C16H14O3. The number of rotatable bonds is 5. The predicted octanol–water partition coefficient (Wildman–Crippen LogP) is 3.32. The van der Waals surface area contributed by atoms with Crippen LogP contribution in [0.25, 0.3) is 12.2 Å². The zero-order valence-electron chi connectivity index (χ0n) is 10.3. The van der Waals surface area contributed by atoms with Crippen LogP contribution in [0, 0.1) is 0 Å². The maximum atomic E-state index is 10.4. The molecule has 96 valence electrons. The molecule has 0 aliphatic carbocycles. The van der Waals surface area contributed by atoms with Gasteiger partial charge in [-0.3, -0.25) is 0 Å². The van der Waals surface area contributed by atoms with Crippen LogP contribution in [-0.4, -0.2) is 17.7 Å². The Labute approximate surface area is 111 Å². The smallest absolute Gasteiger partial charge is 0.341 e. The zero-order valence-corrected chi connectivity index (χ0v) is 10.3. The number of ether oxygens (including phenoxy) is 1. The largest absolute Gasteiger partial charge is 0.482 e. The number of carboxylic acid groups (broad SMARTS) is 1. The van der Waals surface area contributed by atoms with Gasteiger partial charge in [0.25, 0.3) is 0 Å². The Morgan fingerprint density at radius 1 is 0.947 bits per heavy atom. The highest BCUT2D eigenvalue weighted by Crippen LogP contribution is 2.14. The van der Waals surface area contributed by atoms with Crippen LogP contribution in [0.1, 0.15) is 11.1 Å². The van der Waals surface area contributed by atoms with Crippen molar-refractivity contribution in [3.63, 3.8) is 0 Å². The van der Waals surface area contributed by atoms with Crippen molar-refractivity contribution in [2.75, 3.05) is 6.61 Å². The van der Waals surface area contributed by atoms with Crippen LogP contribution in [0.5, 0.6) is 5.75 Å². The van der Waals surface area contributed by atoms with Crippen molar-refractivity contribution in [3.05, 3.63) is 65.7 Å². The van der Waals surface area contributed by atoms with Gasteiger partial charge in [0.1, 0.15) is 5.75 Å². The van der Waals surface area contributed by atoms with Crippen LogP contribution in [0.4, 0.5) is 0 Å². The van der Waals surface area contributed by atoms with Crippen LogP contribution >= 0.6 is 0 Å². The zero-order chi connectivity index (χ0) is 13.5. The topological polar surface area (TPSA) is 46.5 Å².